The molecule has 0 aliphatic heterocycles. The molecule has 0 saturated carbocycles. The number of urea groups is 1. The summed E-state index contributed by atoms with van der Waals surface area (Å²) in [6.07, 6.45) is 0.843. The van der Waals surface area contributed by atoms with Gasteiger partial charge in [-0.1, -0.05) is 0 Å². The number of amides is 2. The highest BCUT2D eigenvalue weighted by Crippen LogP contribution is 2.15. The molecule has 96 valence electrons. The molecule has 0 unspecified atom stereocenters. The third-order valence-electron chi connectivity index (χ3n) is 2.34. The zero-order chi connectivity index (χ0) is 12.7. The summed E-state index contributed by atoms with van der Waals surface area (Å²) in [6.45, 7) is 5.47. The molecule has 17 heavy (non-hydrogen) atoms. The molecule has 0 fully saturated rings. The van der Waals surface area contributed by atoms with Gasteiger partial charge in [-0.05, 0) is 49.7 Å². The molecule has 0 aliphatic carbocycles. The van der Waals surface area contributed by atoms with Gasteiger partial charge in [0, 0.05) is 18.6 Å². The standard InChI is InChI=1S/C12H21N3OS/c1-12(2,8-10-4-7-17-9-10)15-11(16)14-6-5-13-3/h4,7,9,13H,5-6,8H2,1-3H3,(H2,14,15,16). The molecular weight excluding hydrogens is 234 g/mol. The van der Waals surface area contributed by atoms with Crippen molar-refractivity contribution in [2.45, 2.75) is 25.8 Å². The lowest BCUT2D eigenvalue weighted by atomic mass is 9.97. The van der Waals surface area contributed by atoms with Gasteiger partial charge >= 0.3 is 6.03 Å². The van der Waals surface area contributed by atoms with E-state index in [4.69, 9.17) is 0 Å². The molecule has 0 bridgehead atoms. The number of carbonyl (C=O) groups is 1. The zero-order valence-corrected chi connectivity index (χ0v) is 11.5. The van der Waals surface area contributed by atoms with Crippen molar-refractivity contribution in [3.05, 3.63) is 22.4 Å². The molecule has 0 atom stereocenters. The lowest BCUT2D eigenvalue weighted by molar-refractivity contribution is 0.229. The van der Waals surface area contributed by atoms with Crippen molar-refractivity contribution in [2.24, 2.45) is 0 Å². The van der Waals surface area contributed by atoms with Gasteiger partial charge in [0.2, 0.25) is 0 Å². The van der Waals surface area contributed by atoms with E-state index >= 15 is 0 Å². The third-order valence-corrected chi connectivity index (χ3v) is 3.07. The maximum atomic E-state index is 11.6. The van der Waals surface area contributed by atoms with E-state index in [1.54, 1.807) is 11.3 Å². The second kappa shape index (κ2) is 6.61. The van der Waals surface area contributed by atoms with Crippen molar-refractivity contribution in [1.82, 2.24) is 16.0 Å². The van der Waals surface area contributed by atoms with Crippen LogP contribution < -0.4 is 16.0 Å². The fraction of sp³-hybridized carbons (Fsp3) is 0.583. The fourth-order valence-corrected chi connectivity index (χ4v) is 2.27. The summed E-state index contributed by atoms with van der Waals surface area (Å²) in [5.41, 5.74) is 1.03. The predicted octanol–water partition coefficient (Wildman–Crippen LogP) is 1.59. The molecule has 5 heteroatoms. The molecule has 0 radical (unpaired) electrons. The summed E-state index contributed by atoms with van der Waals surface area (Å²) < 4.78 is 0. The lowest BCUT2D eigenvalue weighted by Crippen LogP contribution is -2.50. The average molecular weight is 255 g/mol. The smallest absolute Gasteiger partial charge is 0.315 e. The van der Waals surface area contributed by atoms with Gasteiger partial charge < -0.3 is 16.0 Å². The summed E-state index contributed by atoms with van der Waals surface area (Å²) in [6, 6.07) is 1.98. The third kappa shape index (κ3) is 5.70. The first-order valence-electron chi connectivity index (χ1n) is 5.75. The Morgan fingerprint density at radius 3 is 2.76 bits per heavy atom. The Kier molecular flexibility index (Phi) is 5.44. The van der Waals surface area contributed by atoms with Crippen LogP contribution in [0.15, 0.2) is 16.8 Å². The SMILES string of the molecule is CNCCNC(=O)NC(C)(C)Cc1ccsc1. The Balaban J connectivity index is 2.35. The molecule has 0 aliphatic rings. The number of thiophene rings is 1. The van der Waals surface area contributed by atoms with E-state index in [2.05, 4.69) is 32.8 Å². The Morgan fingerprint density at radius 1 is 1.41 bits per heavy atom. The molecule has 0 spiro atoms. The molecule has 4 nitrogen and oxygen atoms in total. The van der Waals surface area contributed by atoms with Gasteiger partial charge in [0.05, 0.1) is 0 Å². The number of carbonyl (C=O) groups excluding carboxylic acids is 1. The van der Waals surface area contributed by atoms with Crippen molar-refractivity contribution in [2.75, 3.05) is 20.1 Å². The number of likely N-dealkylation sites (N-methyl/N-ethyl adjacent to an activating group) is 1. The minimum Gasteiger partial charge on any atom is -0.337 e. The number of hydrogen-bond donors (Lipinski definition) is 3. The van der Waals surface area contributed by atoms with Gasteiger partial charge in [-0.15, -0.1) is 0 Å². The van der Waals surface area contributed by atoms with Crippen LogP contribution in [0.25, 0.3) is 0 Å². The molecule has 0 aromatic carbocycles. The van der Waals surface area contributed by atoms with Crippen LogP contribution in [0.4, 0.5) is 4.79 Å². The largest absolute Gasteiger partial charge is 0.337 e. The number of rotatable bonds is 6. The highest BCUT2D eigenvalue weighted by Gasteiger charge is 2.20. The Bertz CT molecular complexity index is 336. The number of nitrogens with one attached hydrogen (secondary N) is 3. The zero-order valence-electron chi connectivity index (χ0n) is 10.7. The van der Waals surface area contributed by atoms with E-state index in [9.17, 15) is 4.79 Å². The summed E-state index contributed by atoms with van der Waals surface area (Å²) in [5.74, 6) is 0. The molecular formula is C12H21N3OS. The van der Waals surface area contributed by atoms with Crippen LogP contribution in [0.5, 0.6) is 0 Å². The van der Waals surface area contributed by atoms with Crippen LogP contribution in [-0.4, -0.2) is 31.7 Å². The summed E-state index contributed by atoms with van der Waals surface area (Å²) >= 11 is 1.68. The summed E-state index contributed by atoms with van der Waals surface area (Å²) in [5, 5.41) is 12.9. The van der Waals surface area contributed by atoms with Crippen molar-refractivity contribution in [3.8, 4) is 0 Å². The highest BCUT2D eigenvalue weighted by atomic mass is 32.1. The van der Waals surface area contributed by atoms with Crippen LogP contribution in [-0.2, 0) is 6.42 Å². The van der Waals surface area contributed by atoms with Gasteiger partial charge in [0.15, 0.2) is 0 Å². The first kappa shape index (κ1) is 14.0. The molecule has 0 saturated heterocycles. The second-order valence-electron chi connectivity index (χ2n) is 4.68. The van der Waals surface area contributed by atoms with Crippen molar-refractivity contribution in [1.29, 1.82) is 0 Å². The van der Waals surface area contributed by atoms with Gasteiger partial charge in [0.1, 0.15) is 0 Å². The van der Waals surface area contributed by atoms with E-state index in [0.29, 0.717) is 6.54 Å². The van der Waals surface area contributed by atoms with Crippen LogP contribution in [0, 0.1) is 0 Å². The Morgan fingerprint density at radius 2 is 2.18 bits per heavy atom. The van der Waals surface area contributed by atoms with Crippen molar-refractivity contribution >= 4 is 17.4 Å². The Hall–Kier alpha value is -1.07. The summed E-state index contributed by atoms with van der Waals surface area (Å²) in [4.78, 5) is 11.6. The molecule has 1 aromatic heterocycles. The van der Waals surface area contributed by atoms with Gasteiger partial charge in [-0.2, -0.15) is 11.3 Å². The maximum Gasteiger partial charge on any atom is 0.315 e. The Labute approximate surface area is 107 Å². The minimum absolute atomic E-state index is 0.111. The van der Waals surface area contributed by atoms with Gasteiger partial charge in [0.25, 0.3) is 0 Å². The van der Waals surface area contributed by atoms with E-state index in [0.717, 1.165) is 13.0 Å². The van der Waals surface area contributed by atoms with Crippen molar-refractivity contribution < 1.29 is 4.79 Å². The first-order valence-corrected chi connectivity index (χ1v) is 6.69. The van der Waals surface area contributed by atoms with Crippen molar-refractivity contribution in [3.63, 3.8) is 0 Å². The average Bonchev–Trinajstić information content (AvgIpc) is 2.69. The maximum absolute atomic E-state index is 11.6. The molecule has 1 rings (SSSR count). The van der Waals surface area contributed by atoms with E-state index < -0.39 is 0 Å². The normalized spacial score (nSPS) is 11.2. The lowest BCUT2D eigenvalue weighted by Gasteiger charge is -2.26. The number of hydrogen-bond acceptors (Lipinski definition) is 3. The van der Waals surface area contributed by atoms with Crippen LogP contribution in [0.1, 0.15) is 19.4 Å². The summed E-state index contributed by atoms with van der Waals surface area (Å²) in [7, 11) is 1.86. The van der Waals surface area contributed by atoms with Crippen LogP contribution in [0.3, 0.4) is 0 Å². The highest BCUT2D eigenvalue weighted by molar-refractivity contribution is 7.07. The topological polar surface area (TPSA) is 53.2 Å². The minimum atomic E-state index is -0.231. The molecule has 3 N–H and O–H groups in total. The van der Waals surface area contributed by atoms with Crippen LogP contribution >= 0.6 is 11.3 Å². The molecule has 1 aromatic rings. The quantitative estimate of drug-likeness (QED) is 0.676. The van der Waals surface area contributed by atoms with E-state index in [-0.39, 0.29) is 11.6 Å². The van der Waals surface area contributed by atoms with Gasteiger partial charge in [-0.25, -0.2) is 4.79 Å². The molecule has 2 amide bonds. The first-order chi connectivity index (χ1) is 8.03. The van der Waals surface area contributed by atoms with E-state index in [1.807, 2.05) is 20.9 Å². The predicted molar refractivity (Wildman–Crippen MR) is 72.6 cm³/mol. The monoisotopic (exact) mass is 255 g/mol. The fourth-order valence-electron chi connectivity index (χ4n) is 1.60. The molecule has 1 heterocycles. The van der Waals surface area contributed by atoms with Crippen LogP contribution in [0.2, 0.25) is 0 Å². The van der Waals surface area contributed by atoms with Gasteiger partial charge in [-0.3, -0.25) is 0 Å². The second-order valence-corrected chi connectivity index (χ2v) is 5.46. The van der Waals surface area contributed by atoms with E-state index in [1.165, 1.54) is 5.56 Å².